The number of hydrogen-bond acceptors (Lipinski definition) is 4. The lowest BCUT2D eigenvalue weighted by Gasteiger charge is -2.09. The van der Waals surface area contributed by atoms with Gasteiger partial charge >= 0.3 is 0 Å². The van der Waals surface area contributed by atoms with Gasteiger partial charge in [-0.2, -0.15) is 0 Å². The summed E-state index contributed by atoms with van der Waals surface area (Å²) in [5.74, 6) is 1.19. The molecule has 0 saturated heterocycles. The van der Waals surface area contributed by atoms with E-state index in [1.54, 1.807) is 0 Å². The van der Waals surface area contributed by atoms with Crippen molar-refractivity contribution < 1.29 is 9.53 Å². The number of nitrogens with one attached hydrogen (secondary N) is 1. The van der Waals surface area contributed by atoms with Gasteiger partial charge in [0.15, 0.2) is 11.7 Å². The third-order valence-corrected chi connectivity index (χ3v) is 4.24. The van der Waals surface area contributed by atoms with Crippen LogP contribution >= 0.6 is 11.3 Å². The summed E-state index contributed by atoms with van der Waals surface area (Å²) in [6.07, 6.45) is 2.43. The van der Waals surface area contributed by atoms with Crippen LogP contribution in [0, 0.1) is 13.8 Å². The van der Waals surface area contributed by atoms with Crippen LogP contribution in [0.15, 0.2) is 23.6 Å². The van der Waals surface area contributed by atoms with E-state index in [0.29, 0.717) is 11.0 Å². The Bertz CT molecular complexity index is 662. The molecule has 3 rings (SSSR count). The number of anilines is 1. The summed E-state index contributed by atoms with van der Waals surface area (Å²) >= 11 is 1.47. The lowest BCUT2D eigenvalue weighted by molar-refractivity contribution is -0.118. The molecule has 0 aliphatic heterocycles. The summed E-state index contributed by atoms with van der Waals surface area (Å²) in [4.78, 5) is 16.3. The number of aryl methyl sites for hydroxylation is 2. The van der Waals surface area contributed by atoms with Gasteiger partial charge in [-0.05, 0) is 43.9 Å². The first kappa shape index (κ1) is 14.1. The molecule has 0 spiro atoms. The van der Waals surface area contributed by atoms with Gasteiger partial charge in [-0.3, -0.25) is 10.1 Å². The van der Waals surface area contributed by atoms with Gasteiger partial charge in [-0.25, -0.2) is 4.98 Å². The van der Waals surface area contributed by atoms with E-state index < -0.39 is 0 Å². The maximum absolute atomic E-state index is 11.9. The van der Waals surface area contributed by atoms with E-state index in [1.807, 2.05) is 37.4 Å². The molecule has 1 aliphatic carbocycles. The Morgan fingerprint density at radius 2 is 2.24 bits per heavy atom. The Morgan fingerprint density at radius 3 is 3.00 bits per heavy atom. The third kappa shape index (κ3) is 3.61. The molecule has 1 saturated carbocycles. The molecule has 0 unspecified atom stereocenters. The Labute approximate surface area is 128 Å². The molecule has 0 bridgehead atoms. The van der Waals surface area contributed by atoms with Gasteiger partial charge in [0.2, 0.25) is 0 Å². The molecule has 1 aromatic carbocycles. The van der Waals surface area contributed by atoms with Gasteiger partial charge in [0, 0.05) is 11.3 Å². The first-order valence-electron chi connectivity index (χ1n) is 7.07. The largest absolute Gasteiger partial charge is 0.483 e. The second kappa shape index (κ2) is 5.85. The van der Waals surface area contributed by atoms with Crippen LogP contribution in [0.2, 0.25) is 0 Å². The molecule has 4 nitrogen and oxygen atoms in total. The molecule has 2 aromatic rings. The minimum absolute atomic E-state index is 0.00261. The number of rotatable bonds is 5. The number of carbonyl (C=O) groups excluding carboxylic acids is 1. The lowest BCUT2D eigenvalue weighted by Crippen LogP contribution is -2.20. The second-order valence-corrected chi connectivity index (χ2v) is 6.32. The first-order valence-corrected chi connectivity index (χ1v) is 7.95. The average molecular weight is 302 g/mol. The highest BCUT2D eigenvalue weighted by Crippen LogP contribution is 2.40. The minimum atomic E-state index is -0.174. The molecular formula is C16H18N2O2S. The maximum atomic E-state index is 11.9. The molecule has 1 N–H and O–H groups in total. The number of ether oxygens (including phenoxy) is 1. The number of benzene rings is 1. The summed E-state index contributed by atoms with van der Waals surface area (Å²) in [6, 6.07) is 5.96. The molecule has 1 aromatic heterocycles. The van der Waals surface area contributed by atoms with E-state index in [-0.39, 0.29) is 12.5 Å². The van der Waals surface area contributed by atoms with Crippen LogP contribution in [-0.2, 0) is 4.79 Å². The number of amides is 1. The summed E-state index contributed by atoms with van der Waals surface area (Å²) in [5, 5.41) is 5.48. The van der Waals surface area contributed by atoms with Crippen molar-refractivity contribution >= 4 is 22.4 Å². The van der Waals surface area contributed by atoms with Crippen LogP contribution in [-0.4, -0.2) is 17.5 Å². The predicted molar refractivity (Wildman–Crippen MR) is 84.1 cm³/mol. The third-order valence-electron chi connectivity index (χ3n) is 3.47. The average Bonchev–Trinajstić information content (AvgIpc) is 3.21. The van der Waals surface area contributed by atoms with Crippen LogP contribution < -0.4 is 10.1 Å². The van der Waals surface area contributed by atoms with Crippen molar-refractivity contribution in [3.05, 3.63) is 40.4 Å². The molecule has 1 amide bonds. The zero-order valence-corrected chi connectivity index (χ0v) is 13.0. The Kier molecular flexibility index (Phi) is 3.92. The fourth-order valence-electron chi connectivity index (χ4n) is 2.07. The van der Waals surface area contributed by atoms with E-state index in [9.17, 15) is 4.79 Å². The van der Waals surface area contributed by atoms with E-state index in [2.05, 4.69) is 10.3 Å². The van der Waals surface area contributed by atoms with Gasteiger partial charge in [0.25, 0.3) is 5.91 Å². The van der Waals surface area contributed by atoms with E-state index in [4.69, 9.17) is 4.74 Å². The zero-order chi connectivity index (χ0) is 14.8. The molecule has 0 radical (unpaired) electrons. The van der Waals surface area contributed by atoms with Crippen LogP contribution in [0.3, 0.4) is 0 Å². The first-order chi connectivity index (χ1) is 10.1. The molecular weight excluding hydrogens is 284 g/mol. The van der Waals surface area contributed by atoms with Crippen LogP contribution in [0.1, 0.15) is 35.6 Å². The molecule has 21 heavy (non-hydrogen) atoms. The highest BCUT2D eigenvalue weighted by atomic mass is 32.1. The van der Waals surface area contributed by atoms with Crippen LogP contribution in [0.4, 0.5) is 5.13 Å². The SMILES string of the molecule is Cc1ccc(C)c(OCC(=O)Nc2nc(C3CC3)cs2)c1. The maximum Gasteiger partial charge on any atom is 0.264 e. The number of hydrogen-bond donors (Lipinski definition) is 1. The summed E-state index contributed by atoms with van der Waals surface area (Å²) in [7, 11) is 0. The van der Waals surface area contributed by atoms with Crippen molar-refractivity contribution in [1.29, 1.82) is 0 Å². The van der Waals surface area contributed by atoms with Crippen LogP contribution in [0.25, 0.3) is 0 Å². The van der Waals surface area contributed by atoms with E-state index >= 15 is 0 Å². The number of aromatic nitrogens is 1. The van der Waals surface area contributed by atoms with E-state index in [1.165, 1.54) is 24.2 Å². The second-order valence-electron chi connectivity index (χ2n) is 5.46. The van der Waals surface area contributed by atoms with Crippen molar-refractivity contribution in [2.24, 2.45) is 0 Å². The minimum Gasteiger partial charge on any atom is -0.483 e. The number of nitrogens with zero attached hydrogens (tertiary/aromatic N) is 1. The molecule has 110 valence electrons. The van der Waals surface area contributed by atoms with Gasteiger partial charge < -0.3 is 4.74 Å². The quantitative estimate of drug-likeness (QED) is 0.917. The molecule has 5 heteroatoms. The van der Waals surface area contributed by atoms with Crippen molar-refractivity contribution in [2.75, 3.05) is 11.9 Å². The standard InChI is InChI=1S/C16H18N2O2S/c1-10-3-4-11(2)14(7-10)20-8-15(19)18-16-17-13(9-21-16)12-5-6-12/h3-4,7,9,12H,5-6,8H2,1-2H3,(H,17,18,19). The number of carbonyl (C=O) groups is 1. The Morgan fingerprint density at radius 1 is 1.43 bits per heavy atom. The fraction of sp³-hybridized carbons (Fsp3) is 0.375. The molecule has 1 fully saturated rings. The fourth-order valence-corrected chi connectivity index (χ4v) is 2.88. The van der Waals surface area contributed by atoms with Gasteiger partial charge in [-0.1, -0.05) is 12.1 Å². The van der Waals surface area contributed by atoms with Gasteiger partial charge in [-0.15, -0.1) is 11.3 Å². The molecule has 0 atom stereocenters. The summed E-state index contributed by atoms with van der Waals surface area (Å²) in [5.41, 5.74) is 3.24. The number of thiazole rings is 1. The highest BCUT2D eigenvalue weighted by molar-refractivity contribution is 7.13. The van der Waals surface area contributed by atoms with Gasteiger partial charge in [0.05, 0.1) is 5.69 Å². The smallest absolute Gasteiger partial charge is 0.264 e. The van der Waals surface area contributed by atoms with Crippen molar-refractivity contribution in [2.45, 2.75) is 32.6 Å². The zero-order valence-electron chi connectivity index (χ0n) is 12.2. The van der Waals surface area contributed by atoms with Crippen molar-refractivity contribution in [3.8, 4) is 5.75 Å². The van der Waals surface area contributed by atoms with Crippen LogP contribution in [0.5, 0.6) is 5.75 Å². The van der Waals surface area contributed by atoms with Crippen molar-refractivity contribution in [3.63, 3.8) is 0 Å². The van der Waals surface area contributed by atoms with E-state index in [0.717, 1.165) is 22.6 Å². The Hall–Kier alpha value is -1.88. The molecule has 1 aliphatic rings. The Balaban J connectivity index is 1.54. The van der Waals surface area contributed by atoms with Gasteiger partial charge in [0.1, 0.15) is 5.75 Å². The normalized spacial score (nSPS) is 14.0. The highest BCUT2D eigenvalue weighted by Gasteiger charge is 2.26. The topological polar surface area (TPSA) is 51.2 Å². The monoisotopic (exact) mass is 302 g/mol. The van der Waals surface area contributed by atoms with Crippen molar-refractivity contribution in [1.82, 2.24) is 4.98 Å². The summed E-state index contributed by atoms with van der Waals surface area (Å²) in [6.45, 7) is 3.97. The lowest BCUT2D eigenvalue weighted by atomic mass is 10.1. The molecule has 1 heterocycles. The predicted octanol–water partition coefficient (Wildman–Crippen LogP) is 3.65. The summed E-state index contributed by atoms with van der Waals surface area (Å²) < 4.78 is 5.58.